The van der Waals surface area contributed by atoms with Gasteiger partial charge in [-0.15, -0.1) is 11.3 Å². The Balaban J connectivity index is 1.53. The van der Waals surface area contributed by atoms with Gasteiger partial charge in [-0.05, 0) is 62.4 Å². The van der Waals surface area contributed by atoms with Gasteiger partial charge in [0.05, 0.1) is 30.7 Å². The molecular formula is C25H24N4O5S2. The summed E-state index contributed by atoms with van der Waals surface area (Å²) in [6.45, 7) is 2.00. The maximum absolute atomic E-state index is 12.8. The number of thioether (sulfide) groups is 1. The minimum absolute atomic E-state index is 0.0538. The van der Waals surface area contributed by atoms with Crippen LogP contribution in [0.25, 0.3) is 11.3 Å². The maximum Gasteiger partial charge on any atom is 0.341 e. The normalized spacial score (nSPS) is 12.4. The number of thiophene rings is 1. The molecule has 0 aliphatic heterocycles. The van der Waals surface area contributed by atoms with Crippen molar-refractivity contribution >= 4 is 40.0 Å². The van der Waals surface area contributed by atoms with E-state index in [1.807, 2.05) is 6.07 Å². The molecule has 11 heteroatoms. The molecule has 0 atom stereocenters. The van der Waals surface area contributed by atoms with Crippen LogP contribution in [0.3, 0.4) is 0 Å². The van der Waals surface area contributed by atoms with E-state index in [9.17, 15) is 19.6 Å². The third-order valence-electron chi connectivity index (χ3n) is 5.62. The van der Waals surface area contributed by atoms with E-state index in [0.29, 0.717) is 21.9 Å². The number of nitrogens with one attached hydrogen (secondary N) is 2. The van der Waals surface area contributed by atoms with Crippen LogP contribution in [0.2, 0.25) is 0 Å². The van der Waals surface area contributed by atoms with Crippen LogP contribution in [0.5, 0.6) is 5.75 Å². The van der Waals surface area contributed by atoms with E-state index in [4.69, 9.17) is 9.47 Å². The predicted molar refractivity (Wildman–Crippen MR) is 138 cm³/mol. The van der Waals surface area contributed by atoms with E-state index in [-0.39, 0.29) is 34.7 Å². The molecule has 1 aliphatic carbocycles. The summed E-state index contributed by atoms with van der Waals surface area (Å²) in [5.74, 6) is -0.197. The molecule has 1 amide bonds. The van der Waals surface area contributed by atoms with Crippen LogP contribution >= 0.6 is 23.1 Å². The Morgan fingerprint density at radius 1 is 1.25 bits per heavy atom. The summed E-state index contributed by atoms with van der Waals surface area (Å²) in [5, 5.41) is 13.0. The Hall–Kier alpha value is -3.62. The summed E-state index contributed by atoms with van der Waals surface area (Å²) in [7, 11) is 1.54. The summed E-state index contributed by atoms with van der Waals surface area (Å²) in [5.41, 5.74) is 1.51. The molecule has 2 aromatic heterocycles. The van der Waals surface area contributed by atoms with Crippen LogP contribution in [0, 0.1) is 11.3 Å². The van der Waals surface area contributed by atoms with Crippen LogP contribution < -0.4 is 15.6 Å². The standard InChI is InChI=1S/C25H24N4O5S2/c1-3-34-24(32)20-16-6-4-5-7-18(16)36-23(20)27-19(30)13-35-25-28-21(17(12-26)22(31)29-25)14-8-10-15(33-2)11-9-14/h8-11H,3-7,13H2,1-2H3,(H,27,30)(H,28,29,31). The first-order chi connectivity index (χ1) is 17.4. The van der Waals surface area contributed by atoms with Crippen molar-refractivity contribution < 1.29 is 19.1 Å². The average molecular weight is 525 g/mol. The molecule has 2 heterocycles. The van der Waals surface area contributed by atoms with Crippen LogP contribution in [0.1, 0.15) is 46.1 Å². The van der Waals surface area contributed by atoms with Gasteiger partial charge in [0.2, 0.25) is 5.91 Å². The maximum atomic E-state index is 12.8. The highest BCUT2D eigenvalue weighted by Crippen LogP contribution is 2.38. The molecule has 0 radical (unpaired) electrons. The molecule has 4 rings (SSSR count). The number of anilines is 1. The third kappa shape index (κ3) is 5.45. The Kier molecular flexibility index (Phi) is 8.07. The number of fused-ring (bicyclic) bond motifs is 1. The van der Waals surface area contributed by atoms with Crippen molar-refractivity contribution in [2.75, 3.05) is 24.8 Å². The number of rotatable bonds is 8. The lowest BCUT2D eigenvalue weighted by atomic mass is 9.95. The molecule has 9 nitrogen and oxygen atoms in total. The number of nitrogens with zero attached hydrogens (tertiary/aromatic N) is 2. The second-order valence-corrected chi connectivity index (χ2v) is 9.98. The number of aryl methyl sites for hydroxylation is 1. The molecule has 0 saturated carbocycles. The van der Waals surface area contributed by atoms with E-state index >= 15 is 0 Å². The SMILES string of the molecule is CCOC(=O)c1c(NC(=O)CSc2nc(-c3ccc(OC)cc3)c(C#N)c(=O)[nH]2)sc2c1CCCC2. The number of esters is 1. The number of H-pyrrole nitrogens is 1. The van der Waals surface area contributed by atoms with E-state index in [1.54, 1.807) is 38.3 Å². The summed E-state index contributed by atoms with van der Waals surface area (Å²) in [6.07, 6.45) is 3.71. The number of methoxy groups -OCH3 is 1. The molecule has 0 bridgehead atoms. The molecular weight excluding hydrogens is 500 g/mol. The number of carbonyl (C=O) groups excluding carboxylic acids is 2. The van der Waals surface area contributed by atoms with Gasteiger partial charge >= 0.3 is 5.97 Å². The molecule has 186 valence electrons. The quantitative estimate of drug-likeness (QED) is 0.255. The first kappa shape index (κ1) is 25.5. The lowest BCUT2D eigenvalue weighted by Crippen LogP contribution is -2.18. The van der Waals surface area contributed by atoms with Crippen molar-refractivity contribution in [2.45, 2.75) is 37.8 Å². The lowest BCUT2D eigenvalue weighted by molar-refractivity contribution is -0.113. The van der Waals surface area contributed by atoms with Gasteiger partial charge in [0.15, 0.2) is 5.16 Å². The summed E-state index contributed by atoms with van der Waals surface area (Å²) >= 11 is 2.45. The van der Waals surface area contributed by atoms with Crippen molar-refractivity contribution in [1.82, 2.24) is 9.97 Å². The van der Waals surface area contributed by atoms with Crippen molar-refractivity contribution in [3.63, 3.8) is 0 Å². The van der Waals surface area contributed by atoms with Gasteiger partial charge in [-0.25, -0.2) is 9.78 Å². The fourth-order valence-corrected chi connectivity index (χ4v) is 5.91. The Bertz CT molecular complexity index is 1390. The molecule has 36 heavy (non-hydrogen) atoms. The van der Waals surface area contributed by atoms with E-state index in [2.05, 4.69) is 15.3 Å². The molecule has 0 fully saturated rings. The number of benzene rings is 1. The first-order valence-electron chi connectivity index (χ1n) is 11.4. The van der Waals surface area contributed by atoms with E-state index < -0.39 is 11.5 Å². The highest BCUT2D eigenvalue weighted by atomic mass is 32.2. The molecule has 0 saturated heterocycles. The molecule has 3 aromatic rings. The fraction of sp³-hybridized carbons (Fsp3) is 0.320. The van der Waals surface area contributed by atoms with Crippen molar-refractivity contribution in [1.29, 1.82) is 5.26 Å². The largest absolute Gasteiger partial charge is 0.497 e. The topological polar surface area (TPSA) is 134 Å². The fourth-order valence-electron chi connectivity index (χ4n) is 3.95. The highest BCUT2D eigenvalue weighted by Gasteiger charge is 2.27. The molecule has 0 spiro atoms. The summed E-state index contributed by atoms with van der Waals surface area (Å²) in [6, 6.07) is 8.73. The van der Waals surface area contributed by atoms with E-state index in [0.717, 1.165) is 47.9 Å². The van der Waals surface area contributed by atoms with Crippen molar-refractivity contribution in [3.05, 3.63) is 56.2 Å². The predicted octanol–water partition coefficient (Wildman–Crippen LogP) is 4.16. The van der Waals surface area contributed by atoms with Gasteiger partial charge in [-0.1, -0.05) is 11.8 Å². The Labute approximate surface area is 215 Å². The number of hydrogen-bond donors (Lipinski definition) is 2. The summed E-state index contributed by atoms with van der Waals surface area (Å²) < 4.78 is 10.4. The molecule has 1 aliphatic rings. The molecule has 2 N–H and O–H groups in total. The number of amides is 1. The zero-order valence-corrected chi connectivity index (χ0v) is 21.4. The minimum atomic E-state index is -0.586. The average Bonchev–Trinajstić information content (AvgIpc) is 3.25. The van der Waals surface area contributed by atoms with Gasteiger partial charge in [0, 0.05) is 10.4 Å². The molecule has 1 aromatic carbocycles. The first-order valence-corrected chi connectivity index (χ1v) is 13.2. The van der Waals surface area contributed by atoms with Gasteiger partial charge in [-0.3, -0.25) is 9.59 Å². The Morgan fingerprint density at radius 3 is 2.69 bits per heavy atom. The lowest BCUT2D eigenvalue weighted by Gasteiger charge is -2.12. The van der Waals surface area contributed by atoms with Gasteiger partial charge < -0.3 is 19.8 Å². The molecule has 0 unspecified atom stereocenters. The number of ether oxygens (including phenoxy) is 2. The van der Waals surface area contributed by atoms with Crippen molar-refractivity contribution in [3.8, 4) is 23.1 Å². The third-order valence-corrected chi connectivity index (χ3v) is 7.70. The van der Waals surface area contributed by atoms with Crippen LogP contribution in [0.4, 0.5) is 5.00 Å². The highest BCUT2D eigenvalue weighted by molar-refractivity contribution is 7.99. The van der Waals surface area contributed by atoms with Crippen molar-refractivity contribution in [2.24, 2.45) is 0 Å². The minimum Gasteiger partial charge on any atom is -0.497 e. The van der Waals surface area contributed by atoms with Crippen LogP contribution in [-0.2, 0) is 22.4 Å². The van der Waals surface area contributed by atoms with Gasteiger partial charge in [0.1, 0.15) is 22.4 Å². The zero-order chi connectivity index (χ0) is 25.7. The monoisotopic (exact) mass is 524 g/mol. The number of aromatic amines is 1. The van der Waals surface area contributed by atoms with Crippen LogP contribution in [-0.4, -0.2) is 41.3 Å². The smallest absolute Gasteiger partial charge is 0.341 e. The number of carbonyl (C=O) groups is 2. The Morgan fingerprint density at radius 2 is 2.00 bits per heavy atom. The number of hydrogen-bond acceptors (Lipinski definition) is 9. The van der Waals surface area contributed by atoms with Gasteiger partial charge in [-0.2, -0.15) is 5.26 Å². The number of nitriles is 1. The number of aromatic nitrogens is 2. The van der Waals surface area contributed by atoms with Crippen LogP contribution in [0.15, 0.2) is 34.2 Å². The van der Waals surface area contributed by atoms with Gasteiger partial charge in [0.25, 0.3) is 5.56 Å². The summed E-state index contributed by atoms with van der Waals surface area (Å²) in [4.78, 5) is 46.0. The second kappa shape index (κ2) is 11.4. The second-order valence-electron chi connectivity index (χ2n) is 7.91. The van der Waals surface area contributed by atoms with E-state index in [1.165, 1.54) is 11.3 Å². The zero-order valence-electron chi connectivity index (χ0n) is 19.8.